The first-order chi connectivity index (χ1) is 4.84. The Morgan fingerprint density at radius 1 is 1.64 bits per heavy atom. The molecule has 2 N–H and O–H groups in total. The maximum absolute atomic E-state index is 10.0. The van der Waals surface area contributed by atoms with E-state index in [0.29, 0.717) is 12.2 Å². The molecule has 0 aliphatic rings. The van der Waals surface area contributed by atoms with E-state index >= 15 is 0 Å². The van der Waals surface area contributed by atoms with Gasteiger partial charge in [-0.1, -0.05) is 6.07 Å². The number of anilines is 1. The van der Waals surface area contributed by atoms with Gasteiger partial charge in [0, 0.05) is 18.2 Å². The highest BCUT2D eigenvalue weighted by atomic mass is 35.5. The standard InChI is InChI=1S/C7H8N2O.ClH/c8-7-6(3-5-10)2-1-4-9-7;/h1-2,4-5H,3H2,(H2,8,9);1H. The van der Waals surface area contributed by atoms with E-state index in [0.717, 1.165) is 11.8 Å². The highest BCUT2D eigenvalue weighted by Gasteiger charge is 1.95. The lowest BCUT2D eigenvalue weighted by Gasteiger charge is -1.96. The van der Waals surface area contributed by atoms with Crippen molar-refractivity contribution < 1.29 is 4.79 Å². The molecule has 1 rings (SSSR count). The molecule has 0 aliphatic heterocycles. The van der Waals surface area contributed by atoms with Gasteiger partial charge in [-0.2, -0.15) is 0 Å². The van der Waals surface area contributed by atoms with E-state index in [4.69, 9.17) is 5.73 Å². The summed E-state index contributed by atoms with van der Waals surface area (Å²) >= 11 is 0. The van der Waals surface area contributed by atoms with E-state index < -0.39 is 0 Å². The van der Waals surface area contributed by atoms with Crippen molar-refractivity contribution in [3.05, 3.63) is 23.9 Å². The molecule has 0 saturated heterocycles. The number of nitrogens with two attached hydrogens (primary N) is 1. The Morgan fingerprint density at radius 3 is 2.91 bits per heavy atom. The van der Waals surface area contributed by atoms with Crippen molar-refractivity contribution >= 4 is 24.5 Å². The summed E-state index contributed by atoms with van der Waals surface area (Å²) in [5.74, 6) is 0.439. The van der Waals surface area contributed by atoms with Crippen LogP contribution in [0.3, 0.4) is 0 Å². The van der Waals surface area contributed by atoms with Gasteiger partial charge in [-0.05, 0) is 6.07 Å². The van der Waals surface area contributed by atoms with E-state index in [1.807, 2.05) is 0 Å². The minimum Gasteiger partial charge on any atom is -0.383 e. The summed E-state index contributed by atoms with van der Waals surface area (Å²) in [6, 6.07) is 3.55. The number of nitrogen functional groups attached to an aromatic ring is 1. The van der Waals surface area contributed by atoms with Crippen molar-refractivity contribution in [2.45, 2.75) is 6.42 Å². The number of rotatable bonds is 2. The van der Waals surface area contributed by atoms with Gasteiger partial charge >= 0.3 is 0 Å². The van der Waals surface area contributed by atoms with Crippen LogP contribution in [0.15, 0.2) is 18.3 Å². The highest BCUT2D eigenvalue weighted by Crippen LogP contribution is 2.05. The van der Waals surface area contributed by atoms with Crippen LogP contribution >= 0.6 is 12.4 Å². The molecule has 0 aliphatic carbocycles. The second-order valence-corrected chi connectivity index (χ2v) is 1.92. The lowest BCUT2D eigenvalue weighted by Crippen LogP contribution is -1.96. The lowest BCUT2D eigenvalue weighted by atomic mass is 10.2. The second kappa shape index (κ2) is 4.68. The summed E-state index contributed by atoms with van der Waals surface area (Å²) in [7, 11) is 0. The zero-order chi connectivity index (χ0) is 7.40. The van der Waals surface area contributed by atoms with Crippen molar-refractivity contribution in [3.63, 3.8) is 0 Å². The molecular weight excluding hydrogens is 164 g/mol. The van der Waals surface area contributed by atoms with Gasteiger partial charge in [-0.15, -0.1) is 12.4 Å². The Hall–Kier alpha value is -1.09. The van der Waals surface area contributed by atoms with Crippen LogP contribution in [0.5, 0.6) is 0 Å². The van der Waals surface area contributed by atoms with Crippen molar-refractivity contribution in [2.75, 3.05) is 5.73 Å². The van der Waals surface area contributed by atoms with E-state index in [-0.39, 0.29) is 12.4 Å². The van der Waals surface area contributed by atoms with Gasteiger partial charge in [0.05, 0.1) is 0 Å². The Labute approximate surface area is 71.0 Å². The summed E-state index contributed by atoms with van der Waals surface area (Å²) in [6.07, 6.45) is 2.76. The highest BCUT2D eigenvalue weighted by molar-refractivity contribution is 5.85. The Balaban J connectivity index is 0.000001000. The number of halogens is 1. The molecule has 0 radical (unpaired) electrons. The molecule has 11 heavy (non-hydrogen) atoms. The Morgan fingerprint density at radius 2 is 2.36 bits per heavy atom. The summed E-state index contributed by atoms with van der Waals surface area (Å²) < 4.78 is 0. The number of carbonyl (C=O) groups excluding carboxylic acids is 1. The maximum atomic E-state index is 10.0. The van der Waals surface area contributed by atoms with Crippen molar-refractivity contribution in [2.24, 2.45) is 0 Å². The number of aldehydes is 1. The topological polar surface area (TPSA) is 56.0 Å². The predicted molar refractivity (Wildman–Crippen MR) is 45.7 cm³/mol. The smallest absolute Gasteiger partial charge is 0.126 e. The second-order valence-electron chi connectivity index (χ2n) is 1.92. The summed E-state index contributed by atoms with van der Waals surface area (Å²) in [6.45, 7) is 0. The molecule has 60 valence electrons. The number of hydrogen-bond donors (Lipinski definition) is 1. The summed E-state index contributed by atoms with van der Waals surface area (Å²) in [5, 5.41) is 0. The van der Waals surface area contributed by atoms with Crippen LogP contribution in [-0.2, 0) is 11.2 Å². The van der Waals surface area contributed by atoms with Gasteiger partial charge in [0.1, 0.15) is 12.1 Å². The van der Waals surface area contributed by atoms with Crippen LogP contribution in [0.4, 0.5) is 5.82 Å². The zero-order valence-electron chi connectivity index (χ0n) is 5.86. The molecule has 4 heteroatoms. The number of hydrogen-bond acceptors (Lipinski definition) is 3. The fourth-order valence-corrected chi connectivity index (χ4v) is 0.713. The Kier molecular flexibility index (Phi) is 4.22. The van der Waals surface area contributed by atoms with Crippen LogP contribution < -0.4 is 5.73 Å². The number of aromatic nitrogens is 1. The van der Waals surface area contributed by atoms with E-state index in [9.17, 15) is 4.79 Å². The first kappa shape index (κ1) is 9.91. The molecule has 0 atom stereocenters. The summed E-state index contributed by atoms with van der Waals surface area (Å²) in [5.41, 5.74) is 6.23. The number of pyridine rings is 1. The van der Waals surface area contributed by atoms with Crippen molar-refractivity contribution in [3.8, 4) is 0 Å². The minimum atomic E-state index is 0. The third kappa shape index (κ3) is 2.55. The van der Waals surface area contributed by atoms with Crippen LogP contribution in [0.25, 0.3) is 0 Å². The Bertz CT molecular complexity index is 240. The van der Waals surface area contributed by atoms with Gasteiger partial charge in [-0.3, -0.25) is 0 Å². The predicted octanol–water partition coefficient (Wildman–Crippen LogP) is 0.827. The van der Waals surface area contributed by atoms with Gasteiger partial charge in [0.2, 0.25) is 0 Å². The molecular formula is C7H9ClN2O. The third-order valence-electron chi connectivity index (χ3n) is 1.23. The SMILES string of the molecule is Cl.Nc1ncccc1CC=O. The van der Waals surface area contributed by atoms with Crippen LogP contribution in [0.1, 0.15) is 5.56 Å². The van der Waals surface area contributed by atoms with Gasteiger partial charge in [-0.25, -0.2) is 4.98 Å². The minimum absolute atomic E-state index is 0. The third-order valence-corrected chi connectivity index (χ3v) is 1.23. The average Bonchev–Trinajstić information content (AvgIpc) is 1.94. The van der Waals surface area contributed by atoms with Crippen LogP contribution in [0.2, 0.25) is 0 Å². The molecule has 3 nitrogen and oxygen atoms in total. The molecule has 0 fully saturated rings. The van der Waals surface area contributed by atoms with Gasteiger partial charge in [0.15, 0.2) is 0 Å². The average molecular weight is 173 g/mol. The van der Waals surface area contributed by atoms with Gasteiger partial charge in [0.25, 0.3) is 0 Å². The normalized spacial score (nSPS) is 8.36. The molecule has 1 aromatic heterocycles. The molecule has 0 saturated carbocycles. The summed E-state index contributed by atoms with van der Waals surface area (Å²) in [4.78, 5) is 13.9. The zero-order valence-corrected chi connectivity index (χ0v) is 6.67. The van der Waals surface area contributed by atoms with Crippen LogP contribution in [0, 0.1) is 0 Å². The molecule has 0 aromatic carbocycles. The molecule has 1 heterocycles. The molecule has 1 aromatic rings. The van der Waals surface area contributed by atoms with Gasteiger partial charge < -0.3 is 10.5 Å². The first-order valence-corrected chi connectivity index (χ1v) is 2.97. The first-order valence-electron chi connectivity index (χ1n) is 2.97. The molecule has 0 spiro atoms. The van der Waals surface area contributed by atoms with Crippen LogP contribution in [-0.4, -0.2) is 11.3 Å². The molecule has 0 bridgehead atoms. The quantitative estimate of drug-likeness (QED) is 0.673. The molecule has 0 amide bonds. The lowest BCUT2D eigenvalue weighted by molar-refractivity contribution is -0.107. The fraction of sp³-hybridized carbons (Fsp3) is 0.143. The molecule has 0 unspecified atom stereocenters. The number of carbonyl (C=O) groups is 1. The maximum Gasteiger partial charge on any atom is 0.126 e. The van der Waals surface area contributed by atoms with Crippen molar-refractivity contribution in [1.82, 2.24) is 4.98 Å². The van der Waals surface area contributed by atoms with E-state index in [2.05, 4.69) is 4.98 Å². The van der Waals surface area contributed by atoms with E-state index in [1.165, 1.54) is 0 Å². The monoisotopic (exact) mass is 172 g/mol. The van der Waals surface area contributed by atoms with Crippen molar-refractivity contribution in [1.29, 1.82) is 0 Å². The largest absolute Gasteiger partial charge is 0.383 e. The fourth-order valence-electron chi connectivity index (χ4n) is 0.713. The number of nitrogens with zero attached hydrogens (tertiary/aromatic N) is 1. The van der Waals surface area contributed by atoms with E-state index in [1.54, 1.807) is 18.3 Å².